The van der Waals surface area contributed by atoms with Crippen molar-refractivity contribution in [3.8, 4) is 0 Å². The van der Waals surface area contributed by atoms with E-state index in [9.17, 15) is 13.2 Å². The highest BCUT2D eigenvalue weighted by Gasteiger charge is 2.21. The molecule has 1 aromatic carbocycles. The predicted octanol–water partition coefficient (Wildman–Crippen LogP) is 0.550. The van der Waals surface area contributed by atoms with E-state index in [2.05, 4.69) is 10.0 Å². The zero-order chi connectivity index (χ0) is 15.5. The lowest BCUT2D eigenvalue weighted by atomic mass is 10.1. The van der Waals surface area contributed by atoms with E-state index in [0.717, 1.165) is 18.5 Å². The van der Waals surface area contributed by atoms with Crippen LogP contribution in [0.3, 0.4) is 0 Å². The van der Waals surface area contributed by atoms with Crippen LogP contribution in [0, 0.1) is 0 Å². The normalized spacial score (nSPS) is 16.7. The Morgan fingerprint density at radius 1 is 1.33 bits per heavy atom. The summed E-state index contributed by atoms with van der Waals surface area (Å²) in [5.41, 5.74) is 5.99. The van der Waals surface area contributed by atoms with Gasteiger partial charge in [0, 0.05) is 24.8 Å². The summed E-state index contributed by atoms with van der Waals surface area (Å²) in [7, 11) is -2.06. The van der Waals surface area contributed by atoms with Gasteiger partial charge >= 0.3 is 6.03 Å². The molecule has 21 heavy (non-hydrogen) atoms. The van der Waals surface area contributed by atoms with Gasteiger partial charge < -0.3 is 16.0 Å². The number of nitrogens with one attached hydrogen (secondary N) is 2. The molecule has 0 spiro atoms. The second-order valence-corrected chi connectivity index (χ2v) is 6.87. The van der Waals surface area contributed by atoms with Gasteiger partial charge in [-0.05, 0) is 38.1 Å². The van der Waals surface area contributed by atoms with Gasteiger partial charge in [0.25, 0.3) is 0 Å². The molecule has 0 saturated carbocycles. The minimum Gasteiger partial charge on any atom is -0.382 e. The molecule has 4 N–H and O–H groups in total. The number of nitrogens with two attached hydrogens (primary N) is 1. The number of nitrogens with zero attached hydrogens (tertiary/aromatic N) is 1. The lowest BCUT2D eigenvalue weighted by Gasteiger charge is -2.31. The zero-order valence-corrected chi connectivity index (χ0v) is 12.7. The molecule has 8 heteroatoms. The van der Waals surface area contributed by atoms with Gasteiger partial charge in [-0.1, -0.05) is 6.07 Å². The average molecular weight is 312 g/mol. The molecule has 0 bridgehead atoms. The first-order valence-electron chi connectivity index (χ1n) is 6.77. The van der Waals surface area contributed by atoms with E-state index in [0.29, 0.717) is 13.1 Å². The van der Waals surface area contributed by atoms with Gasteiger partial charge in [-0.15, -0.1) is 0 Å². The predicted molar refractivity (Wildman–Crippen MR) is 80.5 cm³/mol. The lowest BCUT2D eigenvalue weighted by Crippen LogP contribution is -2.44. The van der Waals surface area contributed by atoms with Gasteiger partial charge in [0.15, 0.2) is 0 Å². The number of piperidine rings is 1. The minimum atomic E-state index is -3.44. The van der Waals surface area contributed by atoms with Gasteiger partial charge in [-0.25, -0.2) is 17.9 Å². The Labute approximate surface area is 124 Å². The van der Waals surface area contributed by atoms with E-state index < -0.39 is 16.1 Å². The molecular weight excluding hydrogens is 292 g/mol. The smallest absolute Gasteiger partial charge is 0.314 e. The van der Waals surface area contributed by atoms with Crippen LogP contribution in [0.5, 0.6) is 0 Å². The summed E-state index contributed by atoms with van der Waals surface area (Å²) in [6.45, 7) is 1.23. The fourth-order valence-corrected chi connectivity index (χ4v) is 3.13. The molecule has 0 atom stereocenters. The van der Waals surface area contributed by atoms with Crippen molar-refractivity contribution in [2.24, 2.45) is 5.73 Å². The molecule has 1 aromatic rings. The summed E-state index contributed by atoms with van der Waals surface area (Å²) in [4.78, 5) is 12.9. The topological polar surface area (TPSA) is 105 Å². The second-order valence-electron chi connectivity index (χ2n) is 4.98. The number of urea groups is 1. The SMILES string of the molecule is CNS(=O)(=O)c1cccc(NC2CCN(C(N)=O)CC2)c1. The molecule has 1 aliphatic heterocycles. The number of rotatable bonds is 4. The van der Waals surface area contributed by atoms with Crippen LogP contribution < -0.4 is 15.8 Å². The summed E-state index contributed by atoms with van der Waals surface area (Å²) < 4.78 is 25.8. The van der Waals surface area contributed by atoms with Gasteiger partial charge in [0.1, 0.15) is 0 Å². The van der Waals surface area contributed by atoms with Crippen LogP contribution in [-0.4, -0.2) is 45.5 Å². The van der Waals surface area contributed by atoms with Crippen molar-refractivity contribution >= 4 is 21.7 Å². The van der Waals surface area contributed by atoms with E-state index in [1.165, 1.54) is 7.05 Å². The van der Waals surface area contributed by atoms with Crippen molar-refractivity contribution in [2.45, 2.75) is 23.8 Å². The highest BCUT2D eigenvalue weighted by Crippen LogP contribution is 2.19. The first-order chi connectivity index (χ1) is 9.92. The quantitative estimate of drug-likeness (QED) is 0.755. The monoisotopic (exact) mass is 312 g/mol. The van der Waals surface area contributed by atoms with Crippen LogP contribution in [0.2, 0.25) is 0 Å². The maximum absolute atomic E-state index is 11.8. The molecule has 1 heterocycles. The van der Waals surface area contributed by atoms with E-state index in [1.807, 2.05) is 6.07 Å². The Hall–Kier alpha value is -1.80. The molecule has 1 fully saturated rings. The number of hydrogen-bond donors (Lipinski definition) is 3. The van der Waals surface area contributed by atoms with Crippen molar-refractivity contribution < 1.29 is 13.2 Å². The third-order valence-electron chi connectivity index (χ3n) is 3.59. The number of carbonyl (C=O) groups excluding carboxylic acids is 1. The van der Waals surface area contributed by atoms with E-state index >= 15 is 0 Å². The van der Waals surface area contributed by atoms with E-state index in [4.69, 9.17) is 5.73 Å². The summed E-state index contributed by atoms with van der Waals surface area (Å²) in [6, 6.07) is 6.49. The minimum absolute atomic E-state index is 0.202. The molecule has 1 aliphatic rings. The number of primary amides is 1. The molecule has 2 amide bonds. The van der Waals surface area contributed by atoms with Crippen LogP contribution in [0.15, 0.2) is 29.2 Å². The molecule has 0 aromatic heterocycles. The maximum Gasteiger partial charge on any atom is 0.314 e. The van der Waals surface area contributed by atoms with E-state index in [-0.39, 0.29) is 10.9 Å². The zero-order valence-electron chi connectivity index (χ0n) is 11.9. The Morgan fingerprint density at radius 2 is 2.00 bits per heavy atom. The summed E-state index contributed by atoms with van der Waals surface area (Å²) in [5.74, 6) is 0. The van der Waals surface area contributed by atoms with Crippen molar-refractivity contribution in [3.05, 3.63) is 24.3 Å². The molecule has 116 valence electrons. The maximum atomic E-state index is 11.8. The number of carbonyl (C=O) groups is 1. The standard InChI is InChI=1S/C13H20N4O3S/c1-15-21(19,20)12-4-2-3-11(9-12)16-10-5-7-17(8-6-10)13(14)18/h2-4,9-10,15-16H,5-8H2,1H3,(H2,14,18). The summed E-state index contributed by atoms with van der Waals surface area (Å²) >= 11 is 0. The molecular formula is C13H20N4O3S. The van der Waals surface area contributed by atoms with Crippen LogP contribution in [0.4, 0.5) is 10.5 Å². The molecule has 7 nitrogen and oxygen atoms in total. The van der Waals surface area contributed by atoms with Crippen molar-refractivity contribution in [2.75, 3.05) is 25.5 Å². The molecule has 1 saturated heterocycles. The van der Waals surface area contributed by atoms with Crippen LogP contribution >= 0.6 is 0 Å². The lowest BCUT2D eigenvalue weighted by molar-refractivity contribution is 0.193. The number of likely N-dealkylation sites (tertiary alicyclic amines) is 1. The number of sulfonamides is 1. The van der Waals surface area contributed by atoms with E-state index in [1.54, 1.807) is 23.1 Å². The fraction of sp³-hybridized carbons (Fsp3) is 0.462. The number of amides is 2. The molecule has 0 aliphatic carbocycles. The number of benzene rings is 1. The van der Waals surface area contributed by atoms with Gasteiger partial charge in [0.2, 0.25) is 10.0 Å². The third-order valence-corrected chi connectivity index (χ3v) is 5.00. The highest BCUT2D eigenvalue weighted by atomic mass is 32.2. The van der Waals surface area contributed by atoms with Crippen LogP contribution in [0.1, 0.15) is 12.8 Å². The van der Waals surface area contributed by atoms with Gasteiger partial charge in [-0.3, -0.25) is 0 Å². The molecule has 0 unspecified atom stereocenters. The van der Waals surface area contributed by atoms with Crippen molar-refractivity contribution in [1.82, 2.24) is 9.62 Å². The largest absolute Gasteiger partial charge is 0.382 e. The highest BCUT2D eigenvalue weighted by molar-refractivity contribution is 7.89. The average Bonchev–Trinajstić information content (AvgIpc) is 2.48. The summed E-state index contributed by atoms with van der Waals surface area (Å²) in [6.07, 6.45) is 1.57. The van der Waals surface area contributed by atoms with Gasteiger partial charge in [0.05, 0.1) is 4.90 Å². The Balaban J connectivity index is 2.02. The second kappa shape index (κ2) is 6.31. The van der Waals surface area contributed by atoms with Crippen LogP contribution in [0.25, 0.3) is 0 Å². The molecule has 2 rings (SSSR count). The van der Waals surface area contributed by atoms with Crippen molar-refractivity contribution in [3.63, 3.8) is 0 Å². The number of hydrogen-bond acceptors (Lipinski definition) is 4. The Bertz CT molecular complexity index is 610. The first kappa shape index (κ1) is 15.6. The fourth-order valence-electron chi connectivity index (χ4n) is 2.35. The third kappa shape index (κ3) is 3.85. The van der Waals surface area contributed by atoms with Crippen LogP contribution in [-0.2, 0) is 10.0 Å². The Kier molecular flexibility index (Phi) is 4.69. The van der Waals surface area contributed by atoms with Gasteiger partial charge in [-0.2, -0.15) is 0 Å². The first-order valence-corrected chi connectivity index (χ1v) is 8.25. The van der Waals surface area contributed by atoms with Crippen molar-refractivity contribution in [1.29, 1.82) is 0 Å². The summed E-state index contributed by atoms with van der Waals surface area (Å²) in [5, 5.41) is 3.31. The molecule has 0 radical (unpaired) electrons. The number of anilines is 1. The Morgan fingerprint density at radius 3 is 2.57 bits per heavy atom.